The zero-order valence-corrected chi connectivity index (χ0v) is 10.5. The highest BCUT2D eigenvalue weighted by molar-refractivity contribution is 6.07. The van der Waals surface area contributed by atoms with E-state index >= 15 is 0 Å². The molecule has 6 heteroatoms. The van der Waals surface area contributed by atoms with E-state index in [1.54, 1.807) is 0 Å². The molecule has 104 valence electrons. The van der Waals surface area contributed by atoms with E-state index < -0.39 is 23.3 Å². The summed E-state index contributed by atoms with van der Waals surface area (Å²) in [4.78, 5) is 19.7. The van der Waals surface area contributed by atoms with Crippen LogP contribution < -0.4 is 0 Å². The van der Waals surface area contributed by atoms with Crippen LogP contribution in [0.5, 0.6) is 5.88 Å². The van der Waals surface area contributed by atoms with E-state index in [4.69, 9.17) is 0 Å². The first-order valence-electron chi connectivity index (χ1n) is 6.02. The van der Waals surface area contributed by atoms with Crippen molar-refractivity contribution in [3.63, 3.8) is 0 Å². The van der Waals surface area contributed by atoms with Crippen molar-refractivity contribution in [3.05, 3.63) is 65.5 Å². The van der Waals surface area contributed by atoms with Gasteiger partial charge in [0, 0.05) is 5.56 Å². The first-order chi connectivity index (χ1) is 10.1. The summed E-state index contributed by atoms with van der Waals surface area (Å²) < 4.78 is 26.4. The zero-order chi connectivity index (χ0) is 15.0. The van der Waals surface area contributed by atoms with Crippen LogP contribution in [0.3, 0.4) is 0 Å². The maximum absolute atomic E-state index is 13.6. The summed E-state index contributed by atoms with van der Waals surface area (Å²) in [6.45, 7) is 0. The van der Waals surface area contributed by atoms with E-state index in [9.17, 15) is 18.7 Å². The minimum atomic E-state index is -0.675. The van der Waals surface area contributed by atoms with E-state index in [1.807, 2.05) is 0 Å². The molecule has 0 bridgehead atoms. The van der Waals surface area contributed by atoms with Gasteiger partial charge in [-0.3, -0.25) is 4.79 Å². The van der Waals surface area contributed by atoms with Crippen LogP contribution in [0, 0.1) is 11.6 Å². The predicted octanol–water partition coefficient (Wildman–Crippen LogP) is 2.84. The Labute approximate surface area is 117 Å². The van der Waals surface area contributed by atoms with Crippen molar-refractivity contribution in [3.8, 4) is 5.88 Å². The van der Waals surface area contributed by atoms with E-state index in [1.165, 1.54) is 24.3 Å². The lowest BCUT2D eigenvalue weighted by Gasteiger charge is -2.04. The fraction of sp³-hybridized carbons (Fsp3) is 0. The molecule has 21 heavy (non-hydrogen) atoms. The van der Waals surface area contributed by atoms with Crippen LogP contribution in [0.2, 0.25) is 0 Å². The van der Waals surface area contributed by atoms with Crippen LogP contribution in [0.4, 0.5) is 8.78 Å². The molecule has 0 spiro atoms. The van der Waals surface area contributed by atoms with E-state index in [0.717, 1.165) is 18.2 Å². The monoisotopic (exact) mass is 286 g/mol. The van der Waals surface area contributed by atoms with Crippen LogP contribution in [0.15, 0.2) is 42.5 Å². The molecule has 3 rings (SSSR count). The van der Waals surface area contributed by atoms with E-state index in [0.29, 0.717) is 0 Å². The fourth-order valence-corrected chi connectivity index (χ4v) is 1.95. The van der Waals surface area contributed by atoms with Gasteiger partial charge in [0.15, 0.2) is 0 Å². The third kappa shape index (κ3) is 2.31. The van der Waals surface area contributed by atoms with Gasteiger partial charge >= 0.3 is 0 Å². The molecule has 1 aromatic heterocycles. The third-order valence-electron chi connectivity index (χ3n) is 2.96. The summed E-state index contributed by atoms with van der Waals surface area (Å²) in [5.41, 5.74) is 0.291. The van der Waals surface area contributed by atoms with Crippen LogP contribution in [-0.4, -0.2) is 20.9 Å². The van der Waals surface area contributed by atoms with Crippen molar-refractivity contribution in [2.45, 2.75) is 0 Å². The standard InChI is InChI=1S/C15H8F2N2O2/c16-9-6-4-8(5-7-9)13(20)14-18-11-3-1-2-10(17)12(11)15(21)19-14/h1-7H,(H,18,19,21). The second-order valence-corrected chi connectivity index (χ2v) is 4.34. The van der Waals surface area contributed by atoms with Gasteiger partial charge in [0.1, 0.15) is 11.6 Å². The number of aromatic nitrogens is 2. The van der Waals surface area contributed by atoms with Gasteiger partial charge in [-0.25, -0.2) is 13.8 Å². The number of hydrogen-bond acceptors (Lipinski definition) is 4. The number of carbonyl (C=O) groups is 1. The second kappa shape index (κ2) is 4.90. The molecule has 1 heterocycles. The lowest BCUT2D eigenvalue weighted by Crippen LogP contribution is -2.07. The van der Waals surface area contributed by atoms with Crippen LogP contribution in [0.25, 0.3) is 10.9 Å². The lowest BCUT2D eigenvalue weighted by molar-refractivity contribution is 0.102. The van der Waals surface area contributed by atoms with Crippen molar-refractivity contribution in [1.29, 1.82) is 0 Å². The molecule has 0 aliphatic rings. The maximum atomic E-state index is 13.6. The molecule has 0 aliphatic heterocycles. The summed E-state index contributed by atoms with van der Waals surface area (Å²) >= 11 is 0. The lowest BCUT2D eigenvalue weighted by atomic mass is 10.1. The molecule has 0 saturated heterocycles. The van der Waals surface area contributed by atoms with Crippen molar-refractivity contribution < 1.29 is 18.7 Å². The summed E-state index contributed by atoms with van der Waals surface area (Å²) in [5.74, 6) is -2.63. The van der Waals surface area contributed by atoms with Crippen molar-refractivity contribution in [2.24, 2.45) is 0 Å². The third-order valence-corrected chi connectivity index (χ3v) is 2.96. The first kappa shape index (κ1) is 13.1. The van der Waals surface area contributed by atoms with Gasteiger partial charge in [0.05, 0.1) is 10.9 Å². The molecule has 0 amide bonds. The SMILES string of the molecule is O=C(c1ccc(F)cc1)c1nc(O)c2c(F)cccc2n1. The molecule has 0 saturated carbocycles. The van der Waals surface area contributed by atoms with Crippen LogP contribution in [0.1, 0.15) is 16.2 Å². The molecule has 4 nitrogen and oxygen atoms in total. The van der Waals surface area contributed by atoms with Crippen molar-refractivity contribution >= 4 is 16.7 Å². The quantitative estimate of drug-likeness (QED) is 0.736. The number of nitrogens with zero attached hydrogens (tertiary/aromatic N) is 2. The molecular formula is C15H8F2N2O2. The molecule has 1 N–H and O–H groups in total. The molecule has 0 aliphatic carbocycles. The highest BCUT2D eigenvalue weighted by Gasteiger charge is 2.17. The largest absolute Gasteiger partial charge is 0.493 e. The Hall–Kier alpha value is -2.89. The highest BCUT2D eigenvalue weighted by Crippen LogP contribution is 2.24. The van der Waals surface area contributed by atoms with Crippen LogP contribution >= 0.6 is 0 Å². The number of halogens is 2. The van der Waals surface area contributed by atoms with Gasteiger partial charge < -0.3 is 5.11 Å². The molecule has 0 unspecified atom stereocenters. The van der Waals surface area contributed by atoms with E-state index in [-0.39, 0.29) is 22.3 Å². The molecule has 0 atom stereocenters. The maximum Gasteiger partial charge on any atom is 0.230 e. The molecule has 2 aromatic carbocycles. The predicted molar refractivity (Wildman–Crippen MR) is 71.0 cm³/mol. The Balaban J connectivity index is 2.13. The number of aromatic hydroxyl groups is 1. The Morgan fingerprint density at radius 2 is 1.71 bits per heavy atom. The summed E-state index contributed by atoms with van der Waals surface area (Å²) in [7, 11) is 0. The normalized spacial score (nSPS) is 10.8. The van der Waals surface area contributed by atoms with Gasteiger partial charge in [-0.2, -0.15) is 4.98 Å². The summed E-state index contributed by atoms with van der Waals surface area (Å²) in [6, 6.07) is 8.87. The summed E-state index contributed by atoms with van der Waals surface area (Å²) in [5, 5.41) is 9.62. The van der Waals surface area contributed by atoms with Gasteiger partial charge in [0.2, 0.25) is 17.5 Å². The Morgan fingerprint density at radius 3 is 2.43 bits per heavy atom. The minimum absolute atomic E-state index is 0.118. The van der Waals surface area contributed by atoms with Gasteiger partial charge in [-0.1, -0.05) is 6.07 Å². The Kier molecular flexibility index (Phi) is 3.06. The number of carbonyl (C=O) groups excluding carboxylic acids is 1. The molecule has 0 fully saturated rings. The second-order valence-electron chi connectivity index (χ2n) is 4.34. The van der Waals surface area contributed by atoms with Gasteiger partial charge in [-0.15, -0.1) is 0 Å². The fourth-order valence-electron chi connectivity index (χ4n) is 1.95. The molecule has 3 aromatic rings. The van der Waals surface area contributed by atoms with Crippen molar-refractivity contribution in [2.75, 3.05) is 0 Å². The summed E-state index contributed by atoms with van der Waals surface area (Å²) in [6.07, 6.45) is 0. The van der Waals surface area contributed by atoms with Gasteiger partial charge in [-0.05, 0) is 36.4 Å². The minimum Gasteiger partial charge on any atom is -0.493 e. The smallest absolute Gasteiger partial charge is 0.230 e. The number of benzene rings is 2. The number of hydrogen-bond donors (Lipinski definition) is 1. The zero-order valence-electron chi connectivity index (χ0n) is 10.5. The Morgan fingerprint density at radius 1 is 1.00 bits per heavy atom. The van der Waals surface area contributed by atoms with Crippen molar-refractivity contribution in [1.82, 2.24) is 9.97 Å². The van der Waals surface area contributed by atoms with Crippen LogP contribution in [-0.2, 0) is 0 Å². The highest BCUT2D eigenvalue weighted by atomic mass is 19.1. The topological polar surface area (TPSA) is 63.1 Å². The molecular weight excluding hydrogens is 278 g/mol. The average Bonchev–Trinajstić information content (AvgIpc) is 2.47. The van der Waals surface area contributed by atoms with Gasteiger partial charge in [0.25, 0.3) is 0 Å². The number of fused-ring (bicyclic) bond motifs is 1. The van der Waals surface area contributed by atoms with E-state index in [2.05, 4.69) is 9.97 Å². The number of ketones is 1. The molecule has 0 radical (unpaired) electrons. The first-order valence-corrected chi connectivity index (χ1v) is 6.02. The average molecular weight is 286 g/mol. The number of rotatable bonds is 2. The Bertz CT molecular complexity index is 848.